The molecule has 0 spiro atoms. The van der Waals surface area contributed by atoms with Gasteiger partial charge in [0.1, 0.15) is 5.75 Å². The van der Waals surface area contributed by atoms with Crippen molar-refractivity contribution in [2.45, 2.75) is 23.6 Å². The molecule has 0 radical (unpaired) electrons. The van der Waals surface area contributed by atoms with E-state index < -0.39 is 52.2 Å². The Labute approximate surface area is 205 Å². The molecular weight excluding hydrogens is 539 g/mol. The van der Waals surface area contributed by atoms with E-state index in [1.807, 2.05) is 0 Å². The Kier molecular flexibility index (Phi) is 6.65. The summed E-state index contributed by atoms with van der Waals surface area (Å²) < 4.78 is 141. The predicted octanol–water partition coefficient (Wildman–Crippen LogP) is 8.27. The molecule has 4 aromatic rings. The Morgan fingerprint density at radius 1 is 0.649 bits per heavy atom. The zero-order chi connectivity index (χ0) is 27.3. The number of hydrogen-bond donors (Lipinski definition) is 0. The summed E-state index contributed by atoms with van der Waals surface area (Å²) in [5.74, 6) is -0.860. The van der Waals surface area contributed by atoms with Crippen molar-refractivity contribution < 1.29 is 52.6 Å². The van der Waals surface area contributed by atoms with Crippen LogP contribution in [0.5, 0.6) is 5.75 Å². The summed E-state index contributed by atoms with van der Waals surface area (Å²) >= 11 is -2.31. The first-order chi connectivity index (χ1) is 17.1. The third-order valence-electron chi connectivity index (χ3n) is 5.42. The maximum atomic E-state index is 13.3. The second-order valence-electron chi connectivity index (χ2n) is 7.69. The molecule has 0 aliphatic heterocycles. The maximum Gasteiger partial charge on any atom is 0.573 e. The van der Waals surface area contributed by atoms with Gasteiger partial charge in [-0.3, -0.25) is 4.18 Å². The van der Waals surface area contributed by atoms with Crippen molar-refractivity contribution >= 4 is 32.6 Å². The molecule has 3 nitrogen and oxygen atoms in total. The molecule has 13 heteroatoms. The smallest absolute Gasteiger partial charge is 0.405 e. The molecule has 4 rings (SSSR count). The summed E-state index contributed by atoms with van der Waals surface area (Å²) in [6.45, 7) is 0. The molecule has 4 aromatic carbocycles. The van der Waals surface area contributed by atoms with Gasteiger partial charge in [-0.15, -0.1) is 13.2 Å². The summed E-state index contributed by atoms with van der Waals surface area (Å²) in [6, 6.07) is 8.72. The molecule has 196 valence electrons. The van der Waals surface area contributed by atoms with Crippen molar-refractivity contribution in [1.29, 1.82) is 0 Å². The highest BCUT2D eigenvalue weighted by Gasteiger charge is 2.35. The number of fused-ring (bicyclic) bond motifs is 2. The molecule has 0 aromatic heterocycles. The molecule has 0 saturated carbocycles. The molecule has 0 bridgehead atoms. The van der Waals surface area contributed by atoms with Crippen molar-refractivity contribution in [3.63, 3.8) is 0 Å². The number of benzene rings is 4. The quantitative estimate of drug-likeness (QED) is 0.239. The highest BCUT2D eigenvalue weighted by molar-refractivity contribution is 7.80. The molecule has 1 atom stereocenters. The van der Waals surface area contributed by atoms with Crippen LogP contribution in [0.25, 0.3) is 32.7 Å². The second kappa shape index (κ2) is 9.21. The lowest BCUT2D eigenvalue weighted by Gasteiger charge is -2.20. The summed E-state index contributed by atoms with van der Waals surface area (Å²) in [6.07, 6.45) is -14.7. The molecule has 0 heterocycles. The lowest BCUT2D eigenvalue weighted by Crippen LogP contribution is -2.18. The van der Waals surface area contributed by atoms with Crippen LogP contribution < -0.4 is 4.74 Å². The van der Waals surface area contributed by atoms with Gasteiger partial charge < -0.3 is 4.74 Å². The Morgan fingerprint density at radius 2 is 1.14 bits per heavy atom. The van der Waals surface area contributed by atoms with E-state index in [-0.39, 0.29) is 32.0 Å². The second-order valence-corrected chi connectivity index (χ2v) is 8.94. The Bertz CT molecular complexity index is 1520. The van der Waals surface area contributed by atoms with E-state index in [1.54, 1.807) is 0 Å². The van der Waals surface area contributed by atoms with Gasteiger partial charge in [-0.25, -0.2) is 4.21 Å². The summed E-state index contributed by atoms with van der Waals surface area (Å²) in [4.78, 5) is -0.228. The van der Waals surface area contributed by atoms with Gasteiger partial charge in [0.25, 0.3) is 0 Å². The molecule has 0 saturated heterocycles. The van der Waals surface area contributed by atoms with Gasteiger partial charge >= 0.3 is 18.7 Å². The summed E-state index contributed by atoms with van der Waals surface area (Å²) in [5, 5.41) is -0.437. The van der Waals surface area contributed by atoms with Crippen LogP contribution in [0.4, 0.5) is 39.5 Å². The van der Waals surface area contributed by atoms with Crippen LogP contribution in [0.1, 0.15) is 11.1 Å². The van der Waals surface area contributed by atoms with Gasteiger partial charge in [0, 0.05) is 11.1 Å². The fraction of sp³-hybridized carbons (Fsp3) is 0.167. The zero-order valence-corrected chi connectivity index (χ0v) is 19.1. The van der Waals surface area contributed by atoms with E-state index in [0.29, 0.717) is 18.2 Å². The first kappa shape index (κ1) is 26.7. The van der Waals surface area contributed by atoms with E-state index in [1.165, 1.54) is 6.07 Å². The van der Waals surface area contributed by atoms with E-state index in [2.05, 4.69) is 4.74 Å². The normalized spacial score (nSPS) is 13.8. The molecule has 0 N–H and O–H groups in total. The van der Waals surface area contributed by atoms with E-state index in [0.717, 1.165) is 43.5 Å². The molecule has 1 unspecified atom stereocenters. The minimum absolute atomic E-state index is 0.0599. The minimum Gasteiger partial charge on any atom is -0.405 e. The third-order valence-corrected chi connectivity index (χ3v) is 6.43. The van der Waals surface area contributed by atoms with Crippen molar-refractivity contribution in [3.8, 4) is 16.9 Å². The first-order valence-corrected chi connectivity index (χ1v) is 11.2. The van der Waals surface area contributed by atoms with Gasteiger partial charge in [-0.1, -0.05) is 24.3 Å². The molecule has 37 heavy (non-hydrogen) atoms. The zero-order valence-electron chi connectivity index (χ0n) is 18.3. The fourth-order valence-electron chi connectivity index (χ4n) is 3.93. The predicted molar refractivity (Wildman–Crippen MR) is 117 cm³/mol. The number of alkyl halides is 9. The highest BCUT2D eigenvalue weighted by Crippen LogP contribution is 2.46. The lowest BCUT2D eigenvalue weighted by molar-refractivity contribution is -0.274. The Hall–Kier alpha value is -3.32. The first-order valence-electron chi connectivity index (χ1n) is 10.1. The summed E-state index contributed by atoms with van der Waals surface area (Å²) in [7, 11) is 1.03. The average molecular weight is 552 g/mol. The van der Waals surface area contributed by atoms with Crippen molar-refractivity contribution in [2.75, 3.05) is 7.11 Å². The van der Waals surface area contributed by atoms with Crippen LogP contribution in [0, 0.1) is 0 Å². The topological polar surface area (TPSA) is 35.5 Å². The number of ether oxygens (including phenoxy) is 1. The van der Waals surface area contributed by atoms with Crippen LogP contribution in [0.3, 0.4) is 0 Å². The number of rotatable bonds is 4. The Balaban J connectivity index is 2.16. The largest absolute Gasteiger partial charge is 0.573 e. The maximum absolute atomic E-state index is 13.3. The minimum atomic E-state index is -5.23. The standard InChI is InChI=1S/C24H13F9O3S/c1-35-37(34)19-9-3-13-11-15(23(28,29)30)5-7-17(13)21(19)20-16-6-4-14(22(25,26)27)10-12(16)2-8-18(20)36-24(31,32)33/h2-11H,1H3. The monoisotopic (exact) mass is 552 g/mol. The lowest BCUT2D eigenvalue weighted by atomic mass is 9.91. The molecule has 0 aliphatic rings. The van der Waals surface area contributed by atoms with Crippen molar-refractivity contribution in [3.05, 3.63) is 71.8 Å². The van der Waals surface area contributed by atoms with Crippen molar-refractivity contribution in [1.82, 2.24) is 0 Å². The SMILES string of the molecule is COS(=O)c1ccc2cc(C(F)(F)F)ccc2c1-c1c(OC(F)(F)F)ccc2cc(C(F)(F)F)ccc12. The van der Waals surface area contributed by atoms with Gasteiger partial charge in [0.05, 0.1) is 23.1 Å². The molecular formula is C24H13F9O3S. The Morgan fingerprint density at radius 3 is 1.59 bits per heavy atom. The molecule has 0 aliphatic carbocycles. The van der Waals surface area contributed by atoms with Gasteiger partial charge in [-0.05, 0) is 57.9 Å². The highest BCUT2D eigenvalue weighted by atomic mass is 32.2. The van der Waals surface area contributed by atoms with Crippen LogP contribution in [0.15, 0.2) is 65.6 Å². The average Bonchev–Trinajstić information content (AvgIpc) is 2.80. The molecule has 0 fully saturated rings. The fourth-order valence-corrected chi connectivity index (χ4v) is 4.66. The van der Waals surface area contributed by atoms with Crippen LogP contribution in [-0.4, -0.2) is 17.7 Å². The summed E-state index contributed by atoms with van der Waals surface area (Å²) in [5.41, 5.74) is -2.81. The van der Waals surface area contributed by atoms with Crippen LogP contribution in [-0.2, 0) is 27.6 Å². The number of hydrogen-bond acceptors (Lipinski definition) is 3. The van der Waals surface area contributed by atoms with Crippen LogP contribution >= 0.6 is 0 Å². The van der Waals surface area contributed by atoms with Crippen LogP contribution in [0.2, 0.25) is 0 Å². The number of halogens is 9. The molecule has 0 amide bonds. The van der Waals surface area contributed by atoms with E-state index in [4.69, 9.17) is 4.18 Å². The van der Waals surface area contributed by atoms with Gasteiger partial charge in [0.2, 0.25) is 0 Å². The van der Waals surface area contributed by atoms with Gasteiger partial charge in [0.15, 0.2) is 11.1 Å². The van der Waals surface area contributed by atoms with Gasteiger partial charge in [-0.2, -0.15) is 26.3 Å². The van der Waals surface area contributed by atoms with E-state index in [9.17, 15) is 43.7 Å². The van der Waals surface area contributed by atoms with E-state index >= 15 is 0 Å². The third kappa shape index (κ3) is 5.37. The van der Waals surface area contributed by atoms with Crippen molar-refractivity contribution in [2.24, 2.45) is 0 Å².